The summed E-state index contributed by atoms with van der Waals surface area (Å²) in [7, 11) is 0. The average Bonchev–Trinajstić information content (AvgIpc) is 2.73. The summed E-state index contributed by atoms with van der Waals surface area (Å²) in [5.41, 5.74) is 0.206. The van der Waals surface area contributed by atoms with Gasteiger partial charge in [-0.3, -0.25) is 0 Å². The zero-order valence-electron chi connectivity index (χ0n) is 8.42. The lowest BCUT2D eigenvalue weighted by Gasteiger charge is -2.01. The number of aromatic nitrogens is 2. The van der Waals surface area contributed by atoms with Crippen LogP contribution in [-0.4, -0.2) is 23.3 Å². The summed E-state index contributed by atoms with van der Waals surface area (Å²) >= 11 is 0. The molecule has 2 fully saturated rings. The van der Waals surface area contributed by atoms with Crippen LogP contribution < -0.4 is 5.32 Å². The molecule has 14 heavy (non-hydrogen) atoms. The maximum Gasteiger partial charge on any atom is 0.222 e. The fourth-order valence-corrected chi connectivity index (χ4v) is 1.91. The molecule has 0 amide bonds. The van der Waals surface area contributed by atoms with Crippen molar-refractivity contribution in [3.05, 3.63) is 11.8 Å². The minimum absolute atomic E-state index is 0.206. The fraction of sp³-hybridized carbons (Fsp3) is 0.800. The molecule has 1 aliphatic heterocycles. The van der Waals surface area contributed by atoms with Gasteiger partial charge in [0.2, 0.25) is 11.8 Å². The zero-order valence-corrected chi connectivity index (χ0v) is 8.42. The van der Waals surface area contributed by atoms with Crippen molar-refractivity contribution in [3.63, 3.8) is 0 Å². The molecule has 4 nitrogen and oxygen atoms in total. The van der Waals surface area contributed by atoms with Gasteiger partial charge in [-0.1, -0.05) is 6.92 Å². The highest BCUT2D eigenvalue weighted by atomic mass is 16.4. The Kier molecular flexibility index (Phi) is 1.68. The lowest BCUT2D eigenvalue weighted by molar-refractivity contribution is 0.396. The van der Waals surface area contributed by atoms with Crippen molar-refractivity contribution < 1.29 is 4.42 Å². The standard InChI is InChI=1S/C10H15N3O/c1-10(3-4-10)9-13-12-8(14-9)7-2-5-11-6-7/h7,11H,2-6H2,1H3. The SMILES string of the molecule is CC1(c2nnc(C3CCNC3)o2)CC1. The highest BCUT2D eigenvalue weighted by Crippen LogP contribution is 2.47. The van der Waals surface area contributed by atoms with Gasteiger partial charge in [-0.15, -0.1) is 10.2 Å². The first-order valence-electron chi connectivity index (χ1n) is 5.32. The number of hydrogen-bond donors (Lipinski definition) is 1. The number of nitrogens with zero attached hydrogens (tertiary/aromatic N) is 2. The van der Waals surface area contributed by atoms with Crippen LogP contribution in [0, 0.1) is 0 Å². The van der Waals surface area contributed by atoms with Crippen LogP contribution in [0.3, 0.4) is 0 Å². The maximum absolute atomic E-state index is 5.73. The summed E-state index contributed by atoms with van der Waals surface area (Å²) in [4.78, 5) is 0. The van der Waals surface area contributed by atoms with Gasteiger partial charge in [0.15, 0.2) is 0 Å². The van der Waals surface area contributed by atoms with Crippen LogP contribution in [0.1, 0.15) is 43.9 Å². The molecule has 1 atom stereocenters. The summed E-state index contributed by atoms with van der Waals surface area (Å²) in [5, 5.41) is 11.6. The van der Waals surface area contributed by atoms with Crippen LogP contribution in [0.2, 0.25) is 0 Å². The number of nitrogens with one attached hydrogen (secondary N) is 1. The molecule has 4 heteroatoms. The van der Waals surface area contributed by atoms with Crippen LogP contribution in [0.15, 0.2) is 4.42 Å². The Morgan fingerprint density at radius 1 is 1.43 bits per heavy atom. The summed E-state index contributed by atoms with van der Waals surface area (Å²) < 4.78 is 5.73. The fourth-order valence-electron chi connectivity index (χ4n) is 1.91. The molecule has 1 aromatic rings. The van der Waals surface area contributed by atoms with E-state index in [1.807, 2.05) is 0 Å². The molecule has 1 unspecified atom stereocenters. The van der Waals surface area contributed by atoms with Crippen LogP contribution in [0.5, 0.6) is 0 Å². The molecule has 76 valence electrons. The van der Waals surface area contributed by atoms with Gasteiger partial charge in [0.1, 0.15) is 0 Å². The molecule has 2 aliphatic rings. The summed E-state index contributed by atoms with van der Waals surface area (Å²) in [5.74, 6) is 2.12. The van der Waals surface area contributed by atoms with Crippen molar-refractivity contribution in [1.29, 1.82) is 0 Å². The Hall–Kier alpha value is -0.900. The van der Waals surface area contributed by atoms with Crippen molar-refractivity contribution in [1.82, 2.24) is 15.5 Å². The van der Waals surface area contributed by atoms with Crippen LogP contribution >= 0.6 is 0 Å². The minimum atomic E-state index is 0.206. The van der Waals surface area contributed by atoms with Crippen molar-refractivity contribution >= 4 is 0 Å². The molecule has 1 saturated heterocycles. The largest absolute Gasteiger partial charge is 0.424 e. The van der Waals surface area contributed by atoms with E-state index >= 15 is 0 Å². The van der Waals surface area contributed by atoms with E-state index in [1.165, 1.54) is 12.8 Å². The van der Waals surface area contributed by atoms with E-state index < -0.39 is 0 Å². The molecule has 1 aliphatic carbocycles. The van der Waals surface area contributed by atoms with Crippen LogP contribution in [0.25, 0.3) is 0 Å². The Balaban J connectivity index is 1.82. The minimum Gasteiger partial charge on any atom is -0.424 e. The molecule has 1 saturated carbocycles. The molecule has 3 rings (SSSR count). The second-order valence-electron chi connectivity index (χ2n) is 4.70. The Bertz CT molecular complexity index is 337. The summed E-state index contributed by atoms with van der Waals surface area (Å²) in [6.45, 7) is 4.25. The molecule has 2 heterocycles. The summed E-state index contributed by atoms with van der Waals surface area (Å²) in [6.07, 6.45) is 3.51. The zero-order chi connectivity index (χ0) is 9.60. The smallest absolute Gasteiger partial charge is 0.222 e. The third-order valence-electron chi connectivity index (χ3n) is 3.37. The Labute approximate surface area is 83.1 Å². The van der Waals surface area contributed by atoms with Crippen molar-refractivity contribution in [2.75, 3.05) is 13.1 Å². The van der Waals surface area contributed by atoms with Crippen molar-refractivity contribution in [2.24, 2.45) is 0 Å². The second-order valence-corrected chi connectivity index (χ2v) is 4.70. The van der Waals surface area contributed by atoms with E-state index in [2.05, 4.69) is 22.4 Å². The first-order chi connectivity index (χ1) is 6.78. The van der Waals surface area contributed by atoms with Gasteiger partial charge < -0.3 is 9.73 Å². The van der Waals surface area contributed by atoms with Gasteiger partial charge in [0, 0.05) is 12.0 Å². The third kappa shape index (κ3) is 1.25. The van der Waals surface area contributed by atoms with E-state index in [9.17, 15) is 0 Å². The summed E-state index contributed by atoms with van der Waals surface area (Å²) in [6, 6.07) is 0. The van der Waals surface area contributed by atoms with Gasteiger partial charge in [-0.25, -0.2) is 0 Å². The van der Waals surface area contributed by atoms with E-state index in [-0.39, 0.29) is 5.41 Å². The molecule has 1 N–H and O–H groups in total. The topological polar surface area (TPSA) is 51.0 Å². The monoisotopic (exact) mass is 193 g/mol. The van der Waals surface area contributed by atoms with E-state index in [0.29, 0.717) is 5.92 Å². The number of rotatable bonds is 2. The molecule has 0 spiro atoms. The molecule has 0 aromatic carbocycles. The lowest BCUT2D eigenvalue weighted by atomic mass is 10.1. The highest BCUT2D eigenvalue weighted by Gasteiger charge is 2.44. The maximum atomic E-state index is 5.73. The average molecular weight is 193 g/mol. The molecule has 1 aromatic heterocycles. The van der Waals surface area contributed by atoms with Crippen molar-refractivity contribution in [3.8, 4) is 0 Å². The lowest BCUT2D eigenvalue weighted by Crippen LogP contribution is -2.08. The van der Waals surface area contributed by atoms with Crippen LogP contribution in [-0.2, 0) is 5.41 Å². The Morgan fingerprint density at radius 3 is 2.93 bits per heavy atom. The number of hydrogen-bond acceptors (Lipinski definition) is 4. The van der Waals surface area contributed by atoms with Gasteiger partial charge in [-0.05, 0) is 25.8 Å². The molecular formula is C10H15N3O. The van der Waals surface area contributed by atoms with E-state index in [0.717, 1.165) is 31.3 Å². The molecule has 0 radical (unpaired) electrons. The predicted octanol–water partition coefficient (Wildman–Crippen LogP) is 1.20. The first kappa shape index (κ1) is 8.41. The molecule has 0 bridgehead atoms. The Morgan fingerprint density at radius 2 is 2.29 bits per heavy atom. The van der Waals surface area contributed by atoms with Gasteiger partial charge in [-0.2, -0.15) is 0 Å². The third-order valence-corrected chi connectivity index (χ3v) is 3.37. The van der Waals surface area contributed by atoms with Gasteiger partial charge in [0.25, 0.3) is 0 Å². The van der Waals surface area contributed by atoms with E-state index in [4.69, 9.17) is 4.42 Å². The van der Waals surface area contributed by atoms with E-state index in [1.54, 1.807) is 0 Å². The first-order valence-corrected chi connectivity index (χ1v) is 5.32. The predicted molar refractivity (Wildman–Crippen MR) is 51.1 cm³/mol. The van der Waals surface area contributed by atoms with Gasteiger partial charge in [0.05, 0.1) is 5.92 Å². The van der Waals surface area contributed by atoms with Crippen molar-refractivity contribution in [2.45, 2.75) is 37.5 Å². The van der Waals surface area contributed by atoms with Gasteiger partial charge >= 0.3 is 0 Å². The van der Waals surface area contributed by atoms with Crippen LogP contribution in [0.4, 0.5) is 0 Å². The normalized spacial score (nSPS) is 29.4. The quantitative estimate of drug-likeness (QED) is 0.766. The molecular weight excluding hydrogens is 178 g/mol. The highest BCUT2D eigenvalue weighted by molar-refractivity contribution is 5.12. The second kappa shape index (κ2) is 2.79.